The molecule has 0 spiro atoms. The molecule has 5 nitrogen and oxygen atoms in total. The first kappa shape index (κ1) is 13.0. The van der Waals surface area contributed by atoms with E-state index < -0.39 is 10.8 Å². The maximum Gasteiger partial charge on any atom is 0.283 e. The Labute approximate surface area is 105 Å². The summed E-state index contributed by atoms with van der Waals surface area (Å²) in [7, 11) is 0. The zero-order chi connectivity index (χ0) is 12.1. The number of carbonyl (C=O) groups is 1. The number of nitro groups is 1. The van der Waals surface area contributed by atoms with Gasteiger partial charge in [-0.3, -0.25) is 14.9 Å². The highest BCUT2D eigenvalue weighted by Crippen LogP contribution is 2.31. The third kappa shape index (κ3) is 3.82. The Hall–Kier alpha value is -1.08. The van der Waals surface area contributed by atoms with Crippen molar-refractivity contribution < 1.29 is 9.72 Å². The molecule has 0 radical (unpaired) electrons. The molecule has 0 aliphatic heterocycles. The minimum atomic E-state index is -0.447. The lowest BCUT2D eigenvalue weighted by molar-refractivity contribution is -0.387. The fraction of sp³-hybridized carbons (Fsp3) is 0.222. The molecule has 1 aromatic carbocycles. The Morgan fingerprint density at radius 2 is 2.25 bits per heavy atom. The molecule has 0 unspecified atom stereocenters. The molecular weight excluding hydrogens is 296 g/mol. The monoisotopic (exact) mass is 304 g/mol. The van der Waals surface area contributed by atoms with E-state index in [9.17, 15) is 14.9 Å². The fourth-order valence-electron chi connectivity index (χ4n) is 1.02. The first-order valence-electron chi connectivity index (χ1n) is 4.35. The molecule has 0 aliphatic rings. The number of primary amides is 1. The van der Waals surface area contributed by atoms with Crippen LogP contribution in [0.1, 0.15) is 6.42 Å². The number of nitro benzene ring substituents is 1. The zero-order valence-corrected chi connectivity index (χ0v) is 10.6. The molecule has 7 heteroatoms. The van der Waals surface area contributed by atoms with Gasteiger partial charge in [-0.25, -0.2) is 0 Å². The summed E-state index contributed by atoms with van der Waals surface area (Å²) in [6.45, 7) is 0. The molecule has 2 N–H and O–H groups in total. The van der Waals surface area contributed by atoms with Gasteiger partial charge in [-0.15, -0.1) is 11.8 Å². The van der Waals surface area contributed by atoms with E-state index in [2.05, 4.69) is 15.9 Å². The number of hydrogen-bond donors (Lipinski definition) is 1. The quantitative estimate of drug-likeness (QED) is 0.514. The summed E-state index contributed by atoms with van der Waals surface area (Å²) in [6, 6.07) is 4.81. The van der Waals surface area contributed by atoms with E-state index in [1.807, 2.05) is 0 Å². The first-order valence-corrected chi connectivity index (χ1v) is 6.13. The van der Waals surface area contributed by atoms with Crippen LogP contribution in [0.3, 0.4) is 0 Å². The number of nitrogens with zero attached hydrogens (tertiary/aromatic N) is 1. The molecule has 0 saturated heterocycles. The Morgan fingerprint density at radius 1 is 1.56 bits per heavy atom. The van der Waals surface area contributed by atoms with Gasteiger partial charge in [-0.1, -0.05) is 15.9 Å². The smallest absolute Gasteiger partial charge is 0.283 e. The normalized spacial score (nSPS) is 10.1. The first-order chi connectivity index (χ1) is 7.50. The van der Waals surface area contributed by atoms with Crippen LogP contribution in [-0.2, 0) is 4.79 Å². The number of halogens is 1. The number of thioether (sulfide) groups is 1. The van der Waals surface area contributed by atoms with Crippen molar-refractivity contribution in [3.05, 3.63) is 32.8 Å². The molecule has 16 heavy (non-hydrogen) atoms. The van der Waals surface area contributed by atoms with Crippen LogP contribution < -0.4 is 5.73 Å². The number of rotatable bonds is 5. The van der Waals surface area contributed by atoms with Gasteiger partial charge in [0.25, 0.3) is 5.69 Å². The maximum atomic E-state index is 10.8. The highest BCUT2D eigenvalue weighted by atomic mass is 79.9. The van der Waals surface area contributed by atoms with Crippen LogP contribution in [0, 0.1) is 10.1 Å². The van der Waals surface area contributed by atoms with Gasteiger partial charge >= 0.3 is 0 Å². The van der Waals surface area contributed by atoms with E-state index in [0.717, 1.165) is 0 Å². The van der Waals surface area contributed by atoms with Crippen molar-refractivity contribution in [2.24, 2.45) is 5.73 Å². The van der Waals surface area contributed by atoms with Crippen LogP contribution in [0.15, 0.2) is 27.6 Å². The Balaban J connectivity index is 2.78. The Bertz CT molecular complexity index is 425. The summed E-state index contributed by atoms with van der Waals surface area (Å²) in [5.41, 5.74) is 5.02. The third-order valence-electron chi connectivity index (χ3n) is 1.72. The Morgan fingerprint density at radius 3 is 2.81 bits per heavy atom. The van der Waals surface area contributed by atoms with Crippen LogP contribution in [0.5, 0.6) is 0 Å². The standard InChI is InChI=1S/C9H9BrN2O3S/c10-6-1-2-8(7(5-6)12(14)15)16-4-3-9(11)13/h1-2,5H,3-4H2,(H2,11,13). The molecule has 0 aromatic heterocycles. The minimum absolute atomic E-state index is 0.0313. The van der Waals surface area contributed by atoms with Gasteiger partial charge in [0.1, 0.15) is 0 Å². The second kappa shape index (κ2) is 5.86. The molecule has 0 bridgehead atoms. The number of amides is 1. The van der Waals surface area contributed by atoms with Crippen LogP contribution in [-0.4, -0.2) is 16.6 Å². The van der Waals surface area contributed by atoms with Crippen molar-refractivity contribution >= 4 is 39.3 Å². The van der Waals surface area contributed by atoms with Crippen molar-refractivity contribution in [1.29, 1.82) is 0 Å². The lowest BCUT2D eigenvalue weighted by Crippen LogP contribution is -2.10. The summed E-state index contributed by atoms with van der Waals surface area (Å²) in [6.07, 6.45) is 0.206. The average molecular weight is 305 g/mol. The van der Waals surface area contributed by atoms with E-state index in [4.69, 9.17) is 5.73 Å². The molecule has 1 aromatic rings. The van der Waals surface area contributed by atoms with E-state index >= 15 is 0 Å². The van der Waals surface area contributed by atoms with E-state index in [1.54, 1.807) is 12.1 Å². The largest absolute Gasteiger partial charge is 0.370 e. The van der Waals surface area contributed by atoms with Crippen molar-refractivity contribution in [2.75, 3.05) is 5.75 Å². The lowest BCUT2D eigenvalue weighted by atomic mass is 10.3. The van der Waals surface area contributed by atoms with Crippen LogP contribution in [0.4, 0.5) is 5.69 Å². The molecular formula is C9H9BrN2O3S. The SMILES string of the molecule is NC(=O)CCSc1ccc(Br)cc1[N+](=O)[O-]. The van der Waals surface area contributed by atoms with E-state index in [-0.39, 0.29) is 12.1 Å². The highest BCUT2D eigenvalue weighted by Gasteiger charge is 2.14. The zero-order valence-electron chi connectivity index (χ0n) is 8.18. The number of carbonyl (C=O) groups excluding carboxylic acids is 1. The summed E-state index contributed by atoms with van der Waals surface area (Å²) < 4.78 is 0.651. The van der Waals surface area contributed by atoms with Gasteiger partial charge in [-0.2, -0.15) is 0 Å². The molecule has 86 valence electrons. The summed E-state index contributed by atoms with van der Waals surface area (Å²) >= 11 is 4.42. The van der Waals surface area contributed by atoms with Gasteiger partial charge in [-0.05, 0) is 12.1 Å². The summed E-state index contributed by atoms with van der Waals surface area (Å²) in [5, 5.41) is 10.8. The van der Waals surface area contributed by atoms with Gasteiger partial charge < -0.3 is 5.73 Å². The van der Waals surface area contributed by atoms with Crippen molar-refractivity contribution in [3.63, 3.8) is 0 Å². The number of hydrogen-bond acceptors (Lipinski definition) is 4. The fourth-order valence-corrected chi connectivity index (χ4v) is 2.33. The predicted octanol–water partition coefficient (Wildman–Crippen LogP) is 2.32. The third-order valence-corrected chi connectivity index (χ3v) is 3.28. The molecule has 0 fully saturated rings. The van der Waals surface area contributed by atoms with E-state index in [1.165, 1.54) is 17.8 Å². The Kier molecular flexibility index (Phi) is 4.75. The number of benzene rings is 1. The van der Waals surface area contributed by atoms with Crippen LogP contribution >= 0.6 is 27.7 Å². The van der Waals surface area contributed by atoms with Gasteiger partial charge in [0, 0.05) is 22.7 Å². The topological polar surface area (TPSA) is 86.2 Å². The van der Waals surface area contributed by atoms with Gasteiger partial charge in [0.2, 0.25) is 5.91 Å². The highest BCUT2D eigenvalue weighted by molar-refractivity contribution is 9.10. The van der Waals surface area contributed by atoms with Crippen LogP contribution in [0.25, 0.3) is 0 Å². The molecule has 0 heterocycles. The minimum Gasteiger partial charge on any atom is -0.370 e. The van der Waals surface area contributed by atoms with Crippen LogP contribution in [0.2, 0.25) is 0 Å². The lowest BCUT2D eigenvalue weighted by Gasteiger charge is -2.02. The summed E-state index contributed by atoms with van der Waals surface area (Å²) in [5.74, 6) is 0.0323. The molecule has 0 saturated carbocycles. The van der Waals surface area contributed by atoms with Crippen molar-refractivity contribution in [2.45, 2.75) is 11.3 Å². The van der Waals surface area contributed by atoms with Crippen molar-refractivity contribution in [3.8, 4) is 0 Å². The molecule has 1 rings (SSSR count). The second-order valence-corrected chi connectivity index (χ2v) is 4.99. The van der Waals surface area contributed by atoms with Crippen molar-refractivity contribution in [1.82, 2.24) is 0 Å². The van der Waals surface area contributed by atoms with Gasteiger partial charge in [0.05, 0.1) is 9.82 Å². The second-order valence-electron chi connectivity index (χ2n) is 2.93. The molecule has 1 amide bonds. The average Bonchev–Trinajstić information content (AvgIpc) is 2.19. The summed E-state index contributed by atoms with van der Waals surface area (Å²) in [4.78, 5) is 21.4. The molecule has 0 aliphatic carbocycles. The van der Waals surface area contributed by atoms with E-state index in [0.29, 0.717) is 15.1 Å². The maximum absolute atomic E-state index is 10.8. The predicted molar refractivity (Wildman–Crippen MR) is 65.3 cm³/mol. The van der Waals surface area contributed by atoms with Gasteiger partial charge in [0.15, 0.2) is 0 Å². The molecule has 0 atom stereocenters. The number of nitrogens with two attached hydrogens (primary N) is 1.